The SMILES string of the molecule is CCCCOCCNc1cc(N)nc(CC)n1. The summed E-state index contributed by atoms with van der Waals surface area (Å²) in [5.41, 5.74) is 5.68. The van der Waals surface area contributed by atoms with Crippen LogP contribution in [0.1, 0.15) is 32.5 Å². The van der Waals surface area contributed by atoms with E-state index in [1.54, 1.807) is 6.07 Å². The summed E-state index contributed by atoms with van der Waals surface area (Å²) in [7, 11) is 0. The Morgan fingerprint density at radius 3 is 2.82 bits per heavy atom. The largest absolute Gasteiger partial charge is 0.384 e. The van der Waals surface area contributed by atoms with Gasteiger partial charge >= 0.3 is 0 Å². The molecule has 0 bridgehead atoms. The molecule has 5 nitrogen and oxygen atoms in total. The van der Waals surface area contributed by atoms with Crippen molar-refractivity contribution in [2.45, 2.75) is 33.1 Å². The second-order valence-corrected chi connectivity index (χ2v) is 3.84. The number of nitrogens with zero attached hydrogens (tertiary/aromatic N) is 2. The summed E-state index contributed by atoms with van der Waals surface area (Å²) >= 11 is 0. The summed E-state index contributed by atoms with van der Waals surface area (Å²) < 4.78 is 5.45. The van der Waals surface area contributed by atoms with Crippen LogP contribution in [0.25, 0.3) is 0 Å². The lowest BCUT2D eigenvalue weighted by Crippen LogP contribution is -2.12. The predicted octanol–water partition coefficient (Wildman–Crippen LogP) is 1.85. The minimum absolute atomic E-state index is 0.506. The highest BCUT2D eigenvalue weighted by Gasteiger charge is 2.00. The van der Waals surface area contributed by atoms with Crippen LogP contribution in [-0.2, 0) is 11.2 Å². The number of ether oxygens (including phenoxy) is 1. The fourth-order valence-electron chi connectivity index (χ4n) is 1.37. The van der Waals surface area contributed by atoms with Gasteiger partial charge in [-0.2, -0.15) is 0 Å². The van der Waals surface area contributed by atoms with E-state index in [1.807, 2.05) is 6.92 Å². The molecule has 1 aromatic heterocycles. The molecular formula is C12H22N4O. The monoisotopic (exact) mass is 238 g/mol. The summed E-state index contributed by atoms with van der Waals surface area (Å²) in [6.45, 7) is 6.41. The summed E-state index contributed by atoms with van der Waals surface area (Å²) in [6.07, 6.45) is 3.06. The smallest absolute Gasteiger partial charge is 0.132 e. The number of nitrogens with one attached hydrogen (secondary N) is 1. The molecule has 0 unspecified atom stereocenters. The third-order valence-electron chi connectivity index (χ3n) is 2.30. The van der Waals surface area contributed by atoms with Crippen LogP contribution in [0.15, 0.2) is 6.07 Å². The van der Waals surface area contributed by atoms with Crippen molar-refractivity contribution in [3.05, 3.63) is 11.9 Å². The molecule has 17 heavy (non-hydrogen) atoms. The molecule has 0 aliphatic heterocycles. The van der Waals surface area contributed by atoms with Gasteiger partial charge < -0.3 is 15.8 Å². The fourth-order valence-corrected chi connectivity index (χ4v) is 1.37. The van der Waals surface area contributed by atoms with Gasteiger partial charge in [-0.15, -0.1) is 0 Å². The first kappa shape index (κ1) is 13.7. The highest BCUT2D eigenvalue weighted by Crippen LogP contribution is 2.08. The molecule has 1 aromatic rings. The highest BCUT2D eigenvalue weighted by atomic mass is 16.5. The van der Waals surface area contributed by atoms with Crippen LogP contribution < -0.4 is 11.1 Å². The van der Waals surface area contributed by atoms with Gasteiger partial charge in [0, 0.05) is 25.6 Å². The van der Waals surface area contributed by atoms with Crippen molar-refractivity contribution in [2.24, 2.45) is 0 Å². The molecule has 0 spiro atoms. The van der Waals surface area contributed by atoms with Crippen molar-refractivity contribution in [1.82, 2.24) is 9.97 Å². The number of aryl methyl sites for hydroxylation is 1. The number of unbranched alkanes of at least 4 members (excludes halogenated alkanes) is 1. The Kier molecular flexibility index (Phi) is 6.32. The van der Waals surface area contributed by atoms with Crippen LogP contribution in [-0.4, -0.2) is 29.7 Å². The van der Waals surface area contributed by atoms with E-state index in [0.717, 1.165) is 44.1 Å². The lowest BCUT2D eigenvalue weighted by Gasteiger charge is -2.08. The molecule has 0 fully saturated rings. The van der Waals surface area contributed by atoms with E-state index in [-0.39, 0.29) is 0 Å². The molecule has 5 heteroatoms. The molecule has 0 saturated carbocycles. The summed E-state index contributed by atoms with van der Waals surface area (Å²) in [4.78, 5) is 8.44. The standard InChI is InChI=1S/C12H22N4O/c1-3-5-7-17-8-6-14-12-9-10(13)15-11(4-2)16-12/h9H,3-8H2,1-2H3,(H3,13,14,15,16). The minimum atomic E-state index is 0.506. The zero-order valence-corrected chi connectivity index (χ0v) is 10.7. The van der Waals surface area contributed by atoms with E-state index in [0.29, 0.717) is 12.4 Å². The lowest BCUT2D eigenvalue weighted by atomic mass is 10.4. The van der Waals surface area contributed by atoms with Crippen LogP contribution in [0.4, 0.5) is 11.6 Å². The van der Waals surface area contributed by atoms with Crippen molar-refractivity contribution >= 4 is 11.6 Å². The van der Waals surface area contributed by atoms with Crippen molar-refractivity contribution in [2.75, 3.05) is 30.8 Å². The third kappa shape index (κ3) is 5.49. The van der Waals surface area contributed by atoms with Crippen LogP contribution in [0, 0.1) is 0 Å². The maximum Gasteiger partial charge on any atom is 0.132 e. The van der Waals surface area contributed by atoms with E-state index in [4.69, 9.17) is 10.5 Å². The average Bonchev–Trinajstić information content (AvgIpc) is 2.33. The quantitative estimate of drug-likeness (QED) is 0.676. The molecule has 0 atom stereocenters. The summed E-state index contributed by atoms with van der Waals surface area (Å²) in [5, 5.41) is 3.18. The zero-order chi connectivity index (χ0) is 12.5. The Balaban J connectivity index is 2.28. The van der Waals surface area contributed by atoms with Crippen LogP contribution >= 0.6 is 0 Å². The second-order valence-electron chi connectivity index (χ2n) is 3.84. The summed E-state index contributed by atoms with van der Waals surface area (Å²) in [6, 6.07) is 1.74. The van der Waals surface area contributed by atoms with Gasteiger partial charge in [0.25, 0.3) is 0 Å². The average molecular weight is 238 g/mol. The third-order valence-corrected chi connectivity index (χ3v) is 2.30. The van der Waals surface area contributed by atoms with Gasteiger partial charge in [0.15, 0.2) is 0 Å². The van der Waals surface area contributed by atoms with E-state index < -0.39 is 0 Å². The predicted molar refractivity (Wildman–Crippen MR) is 70.0 cm³/mol. The number of nitrogens with two attached hydrogens (primary N) is 1. The molecule has 0 radical (unpaired) electrons. The van der Waals surface area contributed by atoms with Gasteiger partial charge in [0.05, 0.1) is 6.61 Å². The molecule has 1 heterocycles. The maximum absolute atomic E-state index is 5.68. The molecule has 3 N–H and O–H groups in total. The van der Waals surface area contributed by atoms with E-state index in [9.17, 15) is 0 Å². The van der Waals surface area contributed by atoms with E-state index in [2.05, 4.69) is 22.2 Å². The molecule has 0 aromatic carbocycles. The number of rotatable bonds is 8. The maximum atomic E-state index is 5.68. The molecule has 0 saturated heterocycles. The fraction of sp³-hybridized carbons (Fsp3) is 0.667. The zero-order valence-electron chi connectivity index (χ0n) is 10.7. The van der Waals surface area contributed by atoms with E-state index in [1.165, 1.54) is 0 Å². The normalized spacial score (nSPS) is 10.5. The number of anilines is 2. The highest BCUT2D eigenvalue weighted by molar-refractivity contribution is 5.44. The molecule has 0 amide bonds. The Labute approximate surface area is 103 Å². The Hall–Kier alpha value is -1.36. The summed E-state index contributed by atoms with van der Waals surface area (Å²) in [5.74, 6) is 2.04. The first-order chi connectivity index (χ1) is 8.26. The molecular weight excluding hydrogens is 216 g/mol. The minimum Gasteiger partial charge on any atom is -0.384 e. The number of hydrogen-bond donors (Lipinski definition) is 2. The van der Waals surface area contributed by atoms with Crippen LogP contribution in [0.5, 0.6) is 0 Å². The van der Waals surface area contributed by atoms with Crippen molar-refractivity contribution in [3.8, 4) is 0 Å². The van der Waals surface area contributed by atoms with Gasteiger partial charge in [0.1, 0.15) is 17.5 Å². The first-order valence-corrected chi connectivity index (χ1v) is 6.21. The van der Waals surface area contributed by atoms with Gasteiger partial charge in [-0.25, -0.2) is 9.97 Å². The Morgan fingerprint density at radius 1 is 1.29 bits per heavy atom. The van der Waals surface area contributed by atoms with Crippen molar-refractivity contribution in [3.63, 3.8) is 0 Å². The van der Waals surface area contributed by atoms with Gasteiger partial charge in [-0.05, 0) is 6.42 Å². The van der Waals surface area contributed by atoms with Gasteiger partial charge in [0.2, 0.25) is 0 Å². The van der Waals surface area contributed by atoms with Crippen LogP contribution in [0.3, 0.4) is 0 Å². The lowest BCUT2D eigenvalue weighted by molar-refractivity contribution is 0.141. The van der Waals surface area contributed by atoms with Crippen molar-refractivity contribution in [1.29, 1.82) is 0 Å². The number of hydrogen-bond acceptors (Lipinski definition) is 5. The Morgan fingerprint density at radius 2 is 2.12 bits per heavy atom. The van der Waals surface area contributed by atoms with E-state index >= 15 is 0 Å². The number of nitrogen functional groups attached to an aromatic ring is 1. The second kappa shape index (κ2) is 7.84. The van der Waals surface area contributed by atoms with Crippen molar-refractivity contribution < 1.29 is 4.74 Å². The molecule has 96 valence electrons. The molecule has 1 rings (SSSR count). The number of aromatic nitrogens is 2. The Bertz CT molecular complexity index is 330. The van der Waals surface area contributed by atoms with Gasteiger partial charge in [-0.1, -0.05) is 20.3 Å². The van der Waals surface area contributed by atoms with Crippen LogP contribution in [0.2, 0.25) is 0 Å². The topological polar surface area (TPSA) is 73.1 Å². The molecule has 0 aliphatic rings. The first-order valence-electron chi connectivity index (χ1n) is 6.21. The molecule has 0 aliphatic carbocycles. The van der Waals surface area contributed by atoms with Gasteiger partial charge in [-0.3, -0.25) is 0 Å².